The van der Waals surface area contributed by atoms with Gasteiger partial charge in [0.05, 0.1) is 15.5 Å². The number of carbonyl (C=O) groups excluding carboxylic acids is 1. The fraction of sp³-hybridized carbons (Fsp3) is 0.310. The molecule has 1 N–H and O–H groups in total. The maximum atomic E-state index is 13.1. The molecule has 38 heavy (non-hydrogen) atoms. The Kier molecular flexibility index (Phi) is 7.08. The van der Waals surface area contributed by atoms with Gasteiger partial charge in [0.25, 0.3) is 11.6 Å². The zero-order valence-electron chi connectivity index (χ0n) is 21.5. The number of amides is 1. The van der Waals surface area contributed by atoms with E-state index in [9.17, 15) is 14.9 Å². The number of nitro benzene ring substituents is 1. The number of nitrogens with one attached hydrogen (secondary N) is 1. The molecule has 3 aromatic carbocycles. The average Bonchev–Trinajstić information content (AvgIpc) is 3.33. The van der Waals surface area contributed by atoms with E-state index >= 15 is 0 Å². The van der Waals surface area contributed by atoms with E-state index in [1.165, 1.54) is 6.07 Å². The molecule has 0 bridgehead atoms. The first-order chi connectivity index (χ1) is 18.2. The first-order valence-electron chi connectivity index (χ1n) is 12.7. The summed E-state index contributed by atoms with van der Waals surface area (Å²) in [6.45, 7) is 7.93. The van der Waals surface area contributed by atoms with Crippen molar-refractivity contribution in [2.24, 2.45) is 5.92 Å². The van der Waals surface area contributed by atoms with Gasteiger partial charge in [0.1, 0.15) is 11.2 Å². The van der Waals surface area contributed by atoms with Gasteiger partial charge in [-0.2, -0.15) is 0 Å². The lowest BCUT2D eigenvalue weighted by Crippen LogP contribution is -2.33. The fourth-order valence-electron chi connectivity index (χ4n) is 4.72. The number of hydrogen-bond acceptors (Lipinski definition) is 6. The normalized spacial score (nSPS) is 14.3. The summed E-state index contributed by atoms with van der Waals surface area (Å²) in [7, 11) is 0. The summed E-state index contributed by atoms with van der Waals surface area (Å²) in [4.78, 5) is 31.1. The summed E-state index contributed by atoms with van der Waals surface area (Å²) < 4.78 is 5.95. The van der Waals surface area contributed by atoms with Crippen LogP contribution in [0, 0.1) is 16.0 Å². The van der Waals surface area contributed by atoms with Gasteiger partial charge in [0.2, 0.25) is 5.89 Å². The monoisotopic (exact) mass is 532 g/mol. The smallest absolute Gasteiger partial charge is 0.293 e. The van der Waals surface area contributed by atoms with Gasteiger partial charge in [-0.25, -0.2) is 4.98 Å². The quantitative estimate of drug-likeness (QED) is 0.202. The summed E-state index contributed by atoms with van der Waals surface area (Å²) in [5.74, 6) is 0.846. The largest absolute Gasteiger partial charge is 0.436 e. The fourth-order valence-corrected chi connectivity index (χ4v) is 4.92. The third-order valence-corrected chi connectivity index (χ3v) is 7.42. The molecule has 0 spiro atoms. The molecule has 0 radical (unpaired) electrons. The van der Waals surface area contributed by atoms with Crippen LogP contribution < -0.4 is 10.2 Å². The summed E-state index contributed by atoms with van der Waals surface area (Å²) in [6, 6.07) is 15.5. The molecule has 9 heteroatoms. The highest BCUT2D eigenvalue weighted by Crippen LogP contribution is 2.35. The van der Waals surface area contributed by atoms with Crippen molar-refractivity contribution in [3.63, 3.8) is 0 Å². The minimum absolute atomic E-state index is 0.0729. The second-order valence-corrected chi connectivity index (χ2v) is 10.6. The Morgan fingerprint density at radius 2 is 1.89 bits per heavy atom. The number of rotatable bonds is 6. The maximum Gasteiger partial charge on any atom is 0.293 e. The predicted molar refractivity (Wildman–Crippen MR) is 150 cm³/mol. The van der Waals surface area contributed by atoms with Crippen molar-refractivity contribution >= 4 is 45.7 Å². The maximum absolute atomic E-state index is 13.1. The van der Waals surface area contributed by atoms with E-state index in [0.29, 0.717) is 45.3 Å². The van der Waals surface area contributed by atoms with Crippen LogP contribution in [0.3, 0.4) is 0 Å². The summed E-state index contributed by atoms with van der Waals surface area (Å²) >= 11 is 6.46. The standard InChI is InChI=1S/C29H29ClN4O4/c1-17(2)19-5-9-27-24(14-19)32-29(38-27)22-16-21(6-7-23(22)30)31-28(35)20-4-8-25(26(15-20)34(36)37)33-12-10-18(3)11-13-33/h4-9,14-18H,10-13H2,1-3H3,(H,31,35). The molecule has 1 aromatic heterocycles. The predicted octanol–water partition coefficient (Wildman–Crippen LogP) is 7.67. The molecular formula is C29H29ClN4O4. The van der Waals surface area contributed by atoms with Gasteiger partial charge in [0.15, 0.2) is 5.58 Å². The van der Waals surface area contributed by atoms with E-state index in [0.717, 1.165) is 37.0 Å². The Hall–Kier alpha value is -3.91. The number of anilines is 2. The van der Waals surface area contributed by atoms with E-state index in [-0.39, 0.29) is 11.3 Å². The molecule has 4 aromatic rings. The van der Waals surface area contributed by atoms with Gasteiger partial charge < -0.3 is 14.6 Å². The molecule has 8 nitrogen and oxygen atoms in total. The zero-order chi connectivity index (χ0) is 27.0. The lowest BCUT2D eigenvalue weighted by Gasteiger charge is -2.31. The Bertz CT molecular complexity index is 1520. The second-order valence-electron chi connectivity index (χ2n) is 10.2. The second kappa shape index (κ2) is 10.5. The molecule has 2 heterocycles. The van der Waals surface area contributed by atoms with Crippen LogP contribution in [-0.2, 0) is 0 Å². The third kappa shape index (κ3) is 5.22. The Labute approximate surface area is 225 Å². The van der Waals surface area contributed by atoms with Crippen LogP contribution >= 0.6 is 11.6 Å². The van der Waals surface area contributed by atoms with E-state index in [1.54, 1.807) is 30.3 Å². The van der Waals surface area contributed by atoms with Crippen LogP contribution in [-0.4, -0.2) is 28.9 Å². The molecule has 5 rings (SSSR count). The molecule has 0 aliphatic carbocycles. The van der Waals surface area contributed by atoms with Crippen LogP contribution in [0.1, 0.15) is 55.5 Å². The number of aromatic nitrogens is 1. The summed E-state index contributed by atoms with van der Waals surface area (Å²) in [6.07, 6.45) is 1.97. The van der Waals surface area contributed by atoms with Gasteiger partial charge in [-0.1, -0.05) is 38.4 Å². The number of benzene rings is 3. The lowest BCUT2D eigenvalue weighted by atomic mass is 9.98. The van der Waals surface area contributed by atoms with Gasteiger partial charge in [-0.05, 0) is 72.7 Å². The Balaban J connectivity index is 1.40. The van der Waals surface area contributed by atoms with Crippen molar-refractivity contribution in [1.82, 2.24) is 4.98 Å². The van der Waals surface area contributed by atoms with Gasteiger partial charge in [-0.3, -0.25) is 14.9 Å². The van der Waals surface area contributed by atoms with Crippen molar-refractivity contribution in [2.45, 2.75) is 39.5 Å². The first kappa shape index (κ1) is 25.7. The molecule has 1 aliphatic rings. The minimum atomic E-state index is -0.459. The van der Waals surface area contributed by atoms with Crippen LogP contribution in [0.4, 0.5) is 17.1 Å². The third-order valence-electron chi connectivity index (χ3n) is 7.09. The van der Waals surface area contributed by atoms with Crippen molar-refractivity contribution in [1.29, 1.82) is 0 Å². The van der Waals surface area contributed by atoms with Gasteiger partial charge in [0, 0.05) is 30.4 Å². The molecule has 196 valence electrons. The van der Waals surface area contributed by atoms with Crippen molar-refractivity contribution < 1.29 is 14.1 Å². The summed E-state index contributed by atoms with van der Waals surface area (Å²) in [5, 5.41) is 15.1. The molecule has 0 unspecified atom stereocenters. The van der Waals surface area contributed by atoms with E-state index in [2.05, 4.69) is 31.1 Å². The number of hydrogen-bond donors (Lipinski definition) is 1. The van der Waals surface area contributed by atoms with Crippen LogP contribution in [0.15, 0.2) is 59.0 Å². The van der Waals surface area contributed by atoms with Crippen molar-refractivity contribution in [2.75, 3.05) is 23.3 Å². The van der Waals surface area contributed by atoms with Crippen LogP contribution in [0.2, 0.25) is 5.02 Å². The molecule has 0 atom stereocenters. The zero-order valence-corrected chi connectivity index (χ0v) is 22.3. The first-order valence-corrected chi connectivity index (χ1v) is 13.1. The molecule has 1 aliphatic heterocycles. The topological polar surface area (TPSA) is 102 Å². The van der Waals surface area contributed by atoms with Crippen molar-refractivity contribution in [3.8, 4) is 11.5 Å². The molecule has 0 saturated carbocycles. The highest BCUT2D eigenvalue weighted by atomic mass is 35.5. The highest BCUT2D eigenvalue weighted by Gasteiger charge is 2.25. The number of halogens is 1. The average molecular weight is 533 g/mol. The SMILES string of the molecule is CC1CCN(c2ccc(C(=O)Nc3ccc(Cl)c(-c4nc5cc(C(C)C)ccc5o4)c3)cc2[N+](=O)[O-])CC1. The Morgan fingerprint density at radius 3 is 2.61 bits per heavy atom. The molecule has 1 amide bonds. The minimum Gasteiger partial charge on any atom is -0.436 e. The number of carbonyl (C=O) groups is 1. The van der Waals surface area contributed by atoms with Gasteiger partial charge >= 0.3 is 0 Å². The van der Waals surface area contributed by atoms with E-state index < -0.39 is 10.8 Å². The number of piperidine rings is 1. The Morgan fingerprint density at radius 1 is 1.13 bits per heavy atom. The number of oxazole rings is 1. The van der Waals surface area contributed by atoms with Crippen LogP contribution in [0.25, 0.3) is 22.6 Å². The number of nitrogens with zero attached hydrogens (tertiary/aromatic N) is 3. The highest BCUT2D eigenvalue weighted by molar-refractivity contribution is 6.33. The van der Waals surface area contributed by atoms with Crippen LogP contribution in [0.5, 0.6) is 0 Å². The molecular weight excluding hydrogens is 504 g/mol. The number of nitro groups is 1. The lowest BCUT2D eigenvalue weighted by molar-refractivity contribution is -0.384. The van der Waals surface area contributed by atoms with E-state index in [4.69, 9.17) is 16.0 Å². The van der Waals surface area contributed by atoms with E-state index in [1.807, 2.05) is 23.1 Å². The summed E-state index contributed by atoms with van der Waals surface area (Å²) in [5.41, 5.74) is 4.20. The molecule has 1 fully saturated rings. The number of fused-ring (bicyclic) bond motifs is 1. The van der Waals surface area contributed by atoms with Crippen molar-refractivity contribution in [3.05, 3.63) is 80.9 Å². The molecule has 1 saturated heterocycles. The van der Waals surface area contributed by atoms with Gasteiger partial charge in [-0.15, -0.1) is 0 Å².